The van der Waals surface area contributed by atoms with E-state index in [-0.39, 0.29) is 0 Å². The lowest BCUT2D eigenvalue weighted by Gasteiger charge is -2.38. The fourth-order valence-corrected chi connectivity index (χ4v) is 4.29. The zero-order chi connectivity index (χ0) is 13.9. The molecule has 0 aliphatic heterocycles. The zero-order valence-corrected chi connectivity index (χ0v) is 13.4. The Labute approximate surface area is 119 Å². The van der Waals surface area contributed by atoms with Crippen molar-refractivity contribution < 1.29 is 4.74 Å². The van der Waals surface area contributed by atoms with Gasteiger partial charge in [-0.2, -0.15) is 0 Å². The third kappa shape index (κ3) is 3.72. The summed E-state index contributed by atoms with van der Waals surface area (Å²) < 4.78 is 5.13. The van der Waals surface area contributed by atoms with Gasteiger partial charge in [-0.3, -0.25) is 0 Å². The van der Waals surface area contributed by atoms with E-state index < -0.39 is 0 Å². The first kappa shape index (κ1) is 15.3. The van der Waals surface area contributed by atoms with Gasteiger partial charge in [0.1, 0.15) is 0 Å². The fourth-order valence-electron chi connectivity index (χ4n) is 4.29. The Kier molecular flexibility index (Phi) is 5.30. The van der Waals surface area contributed by atoms with Crippen molar-refractivity contribution in [2.75, 3.05) is 26.8 Å². The Hall–Kier alpha value is -0.0800. The van der Waals surface area contributed by atoms with E-state index in [2.05, 4.69) is 26.1 Å². The molecule has 2 aliphatic rings. The van der Waals surface area contributed by atoms with Crippen LogP contribution in [0.5, 0.6) is 0 Å². The second-order valence-electron chi connectivity index (χ2n) is 7.62. The monoisotopic (exact) mass is 267 g/mol. The molecule has 0 amide bonds. The van der Waals surface area contributed by atoms with Gasteiger partial charge in [-0.25, -0.2) is 0 Å². The number of nitrogens with one attached hydrogen (secondary N) is 1. The fraction of sp³-hybridized carbons (Fsp3) is 1.00. The Morgan fingerprint density at radius 3 is 2.58 bits per heavy atom. The van der Waals surface area contributed by atoms with E-state index in [9.17, 15) is 0 Å². The van der Waals surface area contributed by atoms with Gasteiger partial charge in [-0.1, -0.05) is 27.2 Å². The van der Waals surface area contributed by atoms with Crippen molar-refractivity contribution in [2.45, 2.75) is 52.9 Å². The third-order valence-electron chi connectivity index (χ3n) is 6.02. The standard InChI is InChI=1S/C17H33NO/c1-13(2)17(3,12-18-7-8-19-4)11-16-10-14-5-6-15(16)9-14/h13-16,18H,5-12H2,1-4H3. The van der Waals surface area contributed by atoms with E-state index in [0.717, 1.165) is 43.4 Å². The molecular weight excluding hydrogens is 234 g/mol. The van der Waals surface area contributed by atoms with Gasteiger partial charge < -0.3 is 10.1 Å². The summed E-state index contributed by atoms with van der Waals surface area (Å²) in [6.45, 7) is 10.2. The minimum Gasteiger partial charge on any atom is -0.383 e. The number of methoxy groups -OCH3 is 1. The summed E-state index contributed by atoms with van der Waals surface area (Å²) in [4.78, 5) is 0. The van der Waals surface area contributed by atoms with Gasteiger partial charge in [0.15, 0.2) is 0 Å². The lowest BCUT2D eigenvalue weighted by molar-refractivity contribution is 0.125. The molecule has 0 saturated heterocycles. The Bertz CT molecular complexity index is 278. The predicted octanol–water partition coefficient (Wildman–Crippen LogP) is 3.71. The summed E-state index contributed by atoms with van der Waals surface area (Å²) in [5.41, 5.74) is 0.447. The van der Waals surface area contributed by atoms with Crippen LogP contribution in [0.3, 0.4) is 0 Å². The largest absolute Gasteiger partial charge is 0.383 e. The van der Waals surface area contributed by atoms with E-state index in [0.29, 0.717) is 5.41 Å². The van der Waals surface area contributed by atoms with Gasteiger partial charge in [-0.15, -0.1) is 0 Å². The summed E-state index contributed by atoms with van der Waals surface area (Å²) in [5, 5.41) is 3.60. The second-order valence-corrected chi connectivity index (χ2v) is 7.62. The molecule has 112 valence electrons. The van der Waals surface area contributed by atoms with Crippen LogP contribution < -0.4 is 5.32 Å². The maximum atomic E-state index is 5.13. The van der Waals surface area contributed by atoms with Crippen LogP contribution in [0.15, 0.2) is 0 Å². The quantitative estimate of drug-likeness (QED) is 0.677. The van der Waals surface area contributed by atoms with Crippen LogP contribution in [-0.2, 0) is 4.74 Å². The van der Waals surface area contributed by atoms with E-state index >= 15 is 0 Å². The minimum absolute atomic E-state index is 0.447. The first-order valence-electron chi connectivity index (χ1n) is 8.25. The van der Waals surface area contributed by atoms with Gasteiger partial charge in [0.25, 0.3) is 0 Å². The van der Waals surface area contributed by atoms with Crippen molar-refractivity contribution in [2.24, 2.45) is 29.1 Å². The summed E-state index contributed by atoms with van der Waals surface area (Å²) >= 11 is 0. The molecule has 4 unspecified atom stereocenters. The molecule has 2 fully saturated rings. The summed E-state index contributed by atoms with van der Waals surface area (Å²) in [6.07, 6.45) is 7.51. The molecule has 2 aliphatic carbocycles. The number of fused-ring (bicyclic) bond motifs is 2. The highest BCUT2D eigenvalue weighted by Gasteiger charge is 2.43. The molecular formula is C17H33NO. The van der Waals surface area contributed by atoms with E-state index in [1.807, 2.05) is 0 Å². The highest BCUT2D eigenvalue weighted by Crippen LogP contribution is 2.52. The van der Waals surface area contributed by atoms with Crippen molar-refractivity contribution in [3.05, 3.63) is 0 Å². The molecule has 0 aromatic carbocycles. The highest BCUT2D eigenvalue weighted by molar-refractivity contribution is 4.94. The topological polar surface area (TPSA) is 21.3 Å². The van der Waals surface area contributed by atoms with E-state index in [4.69, 9.17) is 4.74 Å². The van der Waals surface area contributed by atoms with Crippen LogP contribution in [0.2, 0.25) is 0 Å². The number of rotatable bonds is 8. The molecule has 19 heavy (non-hydrogen) atoms. The van der Waals surface area contributed by atoms with Gasteiger partial charge in [0.2, 0.25) is 0 Å². The van der Waals surface area contributed by atoms with Crippen LogP contribution in [-0.4, -0.2) is 26.8 Å². The average molecular weight is 267 g/mol. The van der Waals surface area contributed by atoms with E-state index in [1.54, 1.807) is 7.11 Å². The maximum absolute atomic E-state index is 5.13. The van der Waals surface area contributed by atoms with Crippen LogP contribution >= 0.6 is 0 Å². The maximum Gasteiger partial charge on any atom is 0.0587 e. The number of hydrogen-bond donors (Lipinski definition) is 1. The smallest absolute Gasteiger partial charge is 0.0587 e. The molecule has 2 bridgehead atoms. The third-order valence-corrected chi connectivity index (χ3v) is 6.02. The molecule has 0 heterocycles. The zero-order valence-electron chi connectivity index (χ0n) is 13.4. The summed E-state index contributed by atoms with van der Waals surface area (Å²) in [7, 11) is 1.78. The number of hydrogen-bond acceptors (Lipinski definition) is 2. The molecule has 2 heteroatoms. The van der Waals surface area contributed by atoms with E-state index in [1.165, 1.54) is 32.1 Å². The molecule has 0 aromatic rings. The van der Waals surface area contributed by atoms with Gasteiger partial charge in [0.05, 0.1) is 6.61 Å². The molecule has 0 aromatic heterocycles. The van der Waals surface area contributed by atoms with Crippen molar-refractivity contribution in [1.29, 1.82) is 0 Å². The van der Waals surface area contributed by atoms with Crippen LogP contribution in [0, 0.1) is 29.1 Å². The average Bonchev–Trinajstić information content (AvgIpc) is 2.96. The SMILES string of the molecule is COCCNCC(C)(CC1CC2CCC1C2)C(C)C. The van der Waals surface area contributed by atoms with Crippen molar-refractivity contribution in [3.63, 3.8) is 0 Å². The Morgan fingerprint density at radius 1 is 1.26 bits per heavy atom. The van der Waals surface area contributed by atoms with Crippen molar-refractivity contribution in [3.8, 4) is 0 Å². The van der Waals surface area contributed by atoms with Crippen LogP contribution in [0.1, 0.15) is 52.9 Å². The normalized spacial score (nSPS) is 33.0. The lowest BCUT2D eigenvalue weighted by Crippen LogP contribution is -2.39. The second kappa shape index (κ2) is 6.58. The van der Waals surface area contributed by atoms with Crippen molar-refractivity contribution >= 4 is 0 Å². The molecule has 2 rings (SSSR count). The summed E-state index contributed by atoms with van der Waals surface area (Å²) in [5.74, 6) is 3.90. The highest BCUT2D eigenvalue weighted by atomic mass is 16.5. The molecule has 4 atom stereocenters. The van der Waals surface area contributed by atoms with Gasteiger partial charge in [-0.05, 0) is 54.8 Å². The van der Waals surface area contributed by atoms with Gasteiger partial charge in [0, 0.05) is 20.2 Å². The van der Waals surface area contributed by atoms with Crippen LogP contribution in [0.4, 0.5) is 0 Å². The molecule has 0 spiro atoms. The molecule has 0 radical (unpaired) electrons. The van der Waals surface area contributed by atoms with Crippen LogP contribution in [0.25, 0.3) is 0 Å². The number of ether oxygens (including phenoxy) is 1. The molecule has 1 N–H and O–H groups in total. The lowest BCUT2D eigenvalue weighted by atomic mass is 9.69. The molecule has 2 saturated carbocycles. The minimum atomic E-state index is 0.447. The molecule has 2 nitrogen and oxygen atoms in total. The summed E-state index contributed by atoms with van der Waals surface area (Å²) in [6, 6.07) is 0. The van der Waals surface area contributed by atoms with Crippen molar-refractivity contribution in [1.82, 2.24) is 5.32 Å². The Balaban J connectivity index is 1.84. The van der Waals surface area contributed by atoms with Gasteiger partial charge >= 0.3 is 0 Å². The first-order chi connectivity index (χ1) is 9.05. The Morgan fingerprint density at radius 2 is 2.05 bits per heavy atom. The first-order valence-corrected chi connectivity index (χ1v) is 8.25. The predicted molar refractivity (Wildman–Crippen MR) is 81.2 cm³/mol.